The molecule has 1 aliphatic carbocycles. The van der Waals surface area contributed by atoms with E-state index >= 15 is 0 Å². The summed E-state index contributed by atoms with van der Waals surface area (Å²) >= 11 is 12.4. The van der Waals surface area contributed by atoms with E-state index in [4.69, 9.17) is 28.9 Å². The van der Waals surface area contributed by atoms with Crippen LogP contribution in [0.15, 0.2) is 65.1 Å². The van der Waals surface area contributed by atoms with Gasteiger partial charge < -0.3 is 11.1 Å². The standard InChI is InChI=1S/C23H16Cl2N4O2/c24-12-8-13(25)10-14(9-12)29-18-6-3-7-19(30)20(18)23(16(11-26)21(29)27)15-4-1-2-5-17(15)28-22(23)31/h1-2,4-5,8-10H,3,6-7,27H2,(H,28,31)/t23-/m0/s1. The maximum absolute atomic E-state index is 13.5. The molecule has 5 rings (SSSR count). The number of anilines is 2. The fourth-order valence-corrected chi connectivity index (χ4v) is 5.42. The minimum Gasteiger partial charge on any atom is -0.384 e. The van der Waals surface area contributed by atoms with Gasteiger partial charge in [-0.1, -0.05) is 41.4 Å². The second-order valence-electron chi connectivity index (χ2n) is 7.68. The molecule has 0 radical (unpaired) electrons. The summed E-state index contributed by atoms with van der Waals surface area (Å²) in [6.07, 6.45) is 1.41. The summed E-state index contributed by atoms with van der Waals surface area (Å²) < 4.78 is 0. The van der Waals surface area contributed by atoms with Gasteiger partial charge in [0.15, 0.2) is 5.78 Å². The molecule has 1 spiro atoms. The van der Waals surface area contributed by atoms with Crippen molar-refractivity contribution < 1.29 is 9.59 Å². The van der Waals surface area contributed by atoms with Crippen molar-refractivity contribution in [3.63, 3.8) is 0 Å². The zero-order chi connectivity index (χ0) is 21.9. The number of carbonyl (C=O) groups is 2. The van der Waals surface area contributed by atoms with Crippen LogP contribution in [0, 0.1) is 11.3 Å². The predicted octanol–water partition coefficient (Wildman–Crippen LogP) is 4.40. The number of para-hydroxylation sites is 1. The van der Waals surface area contributed by atoms with Gasteiger partial charge in [0.2, 0.25) is 5.91 Å². The number of nitrogens with zero attached hydrogens (tertiary/aromatic N) is 2. The molecule has 1 amide bonds. The van der Waals surface area contributed by atoms with Crippen LogP contribution in [0.3, 0.4) is 0 Å². The lowest BCUT2D eigenvalue weighted by Crippen LogP contribution is -2.50. The van der Waals surface area contributed by atoms with Gasteiger partial charge in [-0.25, -0.2) is 0 Å². The average molecular weight is 451 g/mol. The van der Waals surface area contributed by atoms with E-state index < -0.39 is 11.3 Å². The summed E-state index contributed by atoms with van der Waals surface area (Å²) in [6, 6.07) is 14.1. The van der Waals surface area contributed by atoms with Crippen LogP contribution in [0.25, 0.3) is 0 Å². The second-order valence-corrected chi connectivity index (χ2v) is 8.56. The van der Waals surface area contributed by atoms with Crippen LogP contribution in [0.5, 0.6) is 0 Å². The van der Waals surface area contributed by atoms with Gasteiger partial charge in [-0.15, -0.1) is 0 Å². The van der Waals surface area contributed by atoms with Gasteiger partial charge in [-0.3, -0.25) is 14.5 Å². The Hall–Kier alpha value is -3.27. The lowest BCUT2D eigenvalue weighted by Gasteiger charge is -2.43. The van der Waals surface area contributed by atoms with Gasteiger partial charge in [-0.2, -0.15) is 5.26 Å². The van der Waals surface area contributed by atoms with E-state index in [9.17, 15) is 14.9 Å². The van der Waals surface area contributed by atoms with Crippen molar-refractivity contribution in [2.24, 2.45) is 5.73 Å². The average Bonchev–Trinajstić information content (AvgIpc) is 3.00. The molecule has 0 bridgehead atoms. The minimum atomic E-state index is -1.57. The molecule has 0 aromatic heterocycles. The van der Waals surface area contributed by atoms with E-state index in [1.807, 2.05) is 0 Å². The Bertz CT molecular complexity index is 1270. The van der Waals surface area contributed by atoms with Crippen LogP contribution >= 0.6 is 23.2 Å². The molecule has 154 valence electrons. The Morgan fingerprint density at radius 2 is 1.81 bits per heavy atom. The highest BCUT2D eigenvalue weighted by atomic mass is 35.5. The van der Waals surface area contributed by atoms with Crippen molar-refractivity contribution in [2.75, 3.05) is 10.2 Å². The molecule has 31 heavy (non-hydrogen) atoms. The molecule has 2 heterocycles. The molecule has 2 aromatic rings. The van der Waals surface area contributed by atoms with Crippen LogP contribution in [0.4, 0.5) is 11.4 Å². The first-order chi connectivity index (χ1) is 14.9. The number of carbonyl (C=O) groups excluding carboxylic acids is 2. The number of nitriles is 1. The molecular weight excluding hydrogens is 435 g/mol. The number of rotatable bonds is 1. The summed E-state index contributed by atoms with van der Waals surface area (Å²) in [5.41, 5.74) is 7.56. The van der Waals surface area contributed by atoms with Crippen LogP contribution in [-0.4, -0.2) is 11.7 Å². The van der Waals surface area contributed by atoms with Crippen LogP contribution in [0.2, 0.25) is 10.0 Å². The summed E-state index contributed by atoms with van der Waals surface area (Å²) in [5, 5.41) is 13.8. The number of Topliss-reactive ketones (excluding diaryl/α,β-unsaturated/α-hetero) is 1. The largest absolute Gasteiger partial charge is 0.384 e. The second kappa shape index (κ2) is 6.88. The third kappa shape index (κ3) is 2.57. The molecular formula is C23H16Cl2N4O2. The van der Waals surface area contributed by atoms with E-state index in [1.54, 1.807) is 47.4 Å². The number of benzene rings is 2. The zero-order valence-electron chi connectivity index (χ0n) is 16.2. The van der Waals surface area contributed by atoms with Gasteiger partial charge in [0.25, 0.3) is 0 Å². The van der Waals surface area contributed by atoms with Crippen molar-refractivity contribution in [3.05, 3.63) is 80.7 Å². The molecule has 0 saturated carbocycles. The molecule has 0 unspecified atom stereocenters. The SMILES string of the molecule is N#CC1=C(N)N(c2cc(Cl)cc(Cl)c2)C2=C(C(=O)CCC2)[C@@]12C(=O)Nc1ccccc12. The van der Waals surface area contributed by atoms with Crippen molar-refractivity contribution in [3.8, 4) is 6.07 Å². The van der Waals surface area contributed by atoms with Gasteiger partial charge in [0.1, 0.15) is 17.3 Å². The third-order valence-electron chi connectivity index (χ3n) is 6.04. The van der Waals surface area contributed by atoms with Gasteiger partial charge in [-0.05, 0) is 37.1 Å². The molecule has 1 atom stereocenters. The van der Waals surface area contributed by atoms with E-state index in [1.165, 1.54) is 0 Å². The van der Waals surface area contributed by atoms with Gasteiger partial charge in [0, 0.05) is 39.0 Å². The lowest BCUT2D eigenvalue weighted by molar-refractivity contribution is -0.122. The molecule has 3 N–H and O–H groups in total. The van der Waals surface area contributed by atoms with E-state index in [-0.39, 0.29) is 17.2 Å². The van der Waals surface area contributed by atoms with Crippen LogP contribution < -0.4 is 16.0 Å². The number of hydrogen-bond acceptors (Lipinski definition) is 5. The first-order valence-corrected chi connectivity index (χ1v) is 10.5. The fourth-order valence-electron chi connectivity index (χ4n) is 4.91. The van der Waals surface area contributed by atoms with Crippen molar-refractivity contribution in [1.82, 2.24) is 0 Å². The molecule has 6 nitrogen and oxygen atoms in total. The summed E-state index contributed by atoms with van der Waals surface area (Å²) in [6.45, 7) is 0. The van der Waals surface area contributed by atoms with Gasteiger partial charge >= 0.3 is 0 Å². The highest BCUT2D eigenvalue weighted by Gasteiger charge is 2.59. The number of hydrogen-bond donors (Lipinski definition) is 2. The highest BCUT2D eigenvalue weighted by molar-refractivity contribution is 6.35. The molecule has 2 aliphatic heterocycles. The molecule has 3 aliphatic rings. The zero-order valence-corrected chi connectivity index (χ0v) is 17.7. The highest BCUT2D eigenvalue weighted by Crippen LogP contribution is 2.55. The summed E-state index contributed by atoms with van der Waals surface area (Å²) in [4.78, 5) is 28.5. The minimum absolute atomic E-state index is 0.0139. The first kappa shape index (κ1) is 19.7. The number of fused-ring (bicyclic) bond motifs is 3. The van der Waals surface area contributed by atoms with Crippen molar-refractivity contribution in [1.29, 1.82) is 5.26 Å². The predicted molar refractivity (Wildman–Crippen MR) is 118 cm³/mol. The number of nitrogens with one attached hydrogen (secondary N) is 1. The first-order valence-electron chi connectivity index (χ1n) is 9.74. The summed E-state index contributed by atoms with van der Waals surface area (Å²) in [5.74, 6) is -0.535. The topological polar surface area (TPSA) is 99.2 Å². The maximum atomic E-state index is 13.5. The normalized spacial score (nSPS) is 22.4. The van der Waals surface area contributed by atoms with Crippen molar-refractivity contribution in [2.45, 2.75) is 24.7 Å². The summed E-state index contributed by atoms with van der Waals surface area (Å²) in [7, 11) is 0. The Morgan fingerprint density at radius 1 is 1.10 bits per heavy atom. The van der Waals surface area contributed by atoms with E-state index in [0.29, 0.717) is 57.5 Å². The van der Waals surface area contributed by atoms with Crippen LogP contribution in [-0.2, 0) is 15.0 Å². The molecule has 2 aromatic carbocycles. The number of amides is 1. The Labute approximate surface area is 188 Å². The Balaban J connectivity index is 1.89. The third-order valence-corrected chi connectivity index (χ3v) is 6.48. The van der Waals surface area contributed by atoms with E-state index in [2.05, 4.69) is 11.4 Å². The smallest absolute Gasteiger partial charge is 0.245 e. The molecule has 8 heteroatoms. The number of nitrogens with two attached hydrogens (primary N) is 1. The quantitative estimate of drug-likeness (QED) is 0.670. The number of allylic oxidation sites excluding steroid dienone is 1. The lowest BCUT2D eigenvalue weighted by atomic mass is 9.64. The maximum Gasteiger partial charge on any atom is 0.245 e. The fraction of sp³-hybridized carbons (Fsp3) is 0.174. The molecule has 0 fully saturated rings. The number of halogens is 2. The van der Waals surface area contributed by atoms with Crippen LogP contribution in [0.1, 0.15) is 24.8 Å². The monoisotopic (exact) mass is 450 g/mol. The number of ketones is 1. The molecule has 0 saturated heterocycles. The van der Waals surface area contributed by atoms with Gasteiger partial charge in [0.05, 0.1) is 11.3 Å². The van der Waals surface area contributed by atoms with E-state index in [0.717, 1.165) is 0 Å². The van der Waals surface area contributed by atoms with Crippen molar-refractivity contribution >= 4 is 46.3 Å². The Morgan fingerprint density at radius 3 is 2.52 bits per heavy atom. The Kier molecular flexibility index (Phi) is 4.37.